The Morgan fingerprint density at radius 1 is 0.981 bits per heavy atom. The van der Waals surface area contributed by atoms with Crippen molar-refractivity contribution in [1.82, 2.24) is 14.6 Å². The number of unbranched alkanes of at least 4 members (excludes halogenated alkanes) is 14. The molecule has 1 unspecified atom stereocenters. The quantitative estimate of drug-likeness (QED) is 0.0518. The van der Waals surface area contributed by atoms with E-state index < -0.39 is 25.3 Å². The minimum Gasteiger partial charge on any atom is -0.382 e. The molecule has 3 atom stereocenters. The molecule has 3 aromatic rings. The zero-order chi connectivity index (χ0) is 37.7. The first-order valence-corrected chi connectivity index (χ1v) is 20.6. The van der Waals surface area contributed by atoms with E-state index in [1.165, 1.54) is 96.6 Å². The molecule has 3 N–H and O–H groups in total. The van der Waals surface area contributed by atoms with Crippen LogP contribution in [0.15, 0.2) is 36.7 Å². The summed E-state index contributed by atoms with van der Waals surface area (Å²) in [5.74, 6) is -0.146. The average Bonchev–Trinajstić information content (AvgIpc) is 3.56. The van der Waals surface area contributed by atoms with E-state index in [1.807, 2.05) is 18.2 Å². The van der Waals surface area contributed by atoms with Crippen LogP contribution in [-0.4, -0.2) is 51.5 Å². The molecule has 0 aliphatic carbocycles. The molecule has 1 aromatic carbocycles. The molecule has 2 heterocycles. The van der Waals surface area contributed by atoms with Gasteiger partial charge in [-0.2, -0.15) is 10.4 Å². The summed E-state index contributed by atoms with van der Waals surface area (Å²) in [6.45, 7) is 3.70. The number of nitrogens with zero attached hydrogens (tertiary/aromatic N) is 4. The number of rotatable bonds is 29. The number of fused-ring (bicyclic) bond motifs is 1. The van der Waals surface area contributed by atoms with Gasteiger partial charge in [-0.25, -0.2) is 18.5 Å². The fraction of sp³-hybridized carbons (Fsp3) is 0.667. The maximum Gasteiger partial charge on any atom is 0.472 e. The van der Waals surface area contributed by atoms with E-state index in [9.17, 15) is 19.1 Å². The number of anilines is 1. The number of methoxy groups -OCH3 is 1. The van der Waals surface area contributed by atoms with Crippen LogP contribution in [-0.2, 0) is 36.1 Å². The second-order valence-corrected chi connectivity index (χ2v) is 15.5. The van der Waals surface area contributed by atoms with Crippen LogP contribution >= 0.6 is 7.82 Å². The van der Waals surface area contributed by atoms with Crippen molar-refractivity contribution in [1.29, 1.82) is 5.26 Å². The van der Waals surface area contributed by atoms with E-state index in [0.717, 1.165) is 31.0 Å². The van der Waals surface area contributed by atoms with E-state index >= 15 is 0 Å². The Hall–Kier alpha value is -2.91. The van der Waals surface area contributed by atoms with Gasteiger partial charge < -0.3 is 20.1 Å². The zero-order valence-electron chi connectivity index (χ0n) is 31.6. The van der Waals surface area contributed by atoms with Crippen molar-refractivity contribution in [3.63, 3.8) is 0 Å². The lowest BCUT2D eigenvalue weighted by Crippen LogP contribution is -2.34. The summed E-state index contributed by atoms with van der Waals surface area (Å²) < 4.78 is 51.4. The third-order valence-corrected chi connectivity index (χ3v) is 10.6. The van der Waals surface area contributed by atoms with Crippen LogP contribution in [0, 0.1) is 17.1 Å². The topological polar surface area (TPSA) is 154 Å². The molecule has 0 saturated carbocycles. The second-order valence-electron chi connectivity index (χ2n) is 14.1. The third kappa shape index (κ3) is 16.4. The summed E-state index contributed by atoms with van der Waals surface area (Å²) in [6.07, 6.45) is 21.2. The van der Waals surface area contributed by atoms with E-state index in [0.29, 0.717) is 36.2 Å². The Morgan fingerprint density at radius 2 is 1.62 bits per heavy atom. The van der Waals surface area contributed by atoms with Crippen molar-refractivity contribution in [3.05, 3.63) is 59.3 Å². The number of benzene rings is 1. The molecule has 0 spiro atoms. The molecule has 0 saturated heterocycles. The molecule has 0 bridgehead atoms. The van der Waals surface area contributed by atoms with Gasteiger partial charge in [-0.1, -0.05) is 103 Å². The molecule has 0 radical (unpaired) electrons. The molecule has 3 rings (SSSR count). The van der Waals surface area contributed by atoms with Crippen LogP contribution in [0.5, 0.6) is 0 Å². The van der Waals surface area contributed by atoms with Crippen molar-refractivity contribution in [2.75, 3.05) is 26.1 Å². The maximum atomic E-state index is 14.0. The first kappa shape index (κ1) is 43.5. The number of phosphoric acid groups is 1. The van der Waals surface area contributed by atoms with Crippen LogP contribution < -0.4 is 5.73 Å². The summed E-state index contributed by atoms with van der Waals surface area (Å²) in [5, 5.41) is 13.5. The van der Waals surface area contributed by atoms with Crippen LogP contribution in [0.2, 0.25) is 0 Å². The standard InChI is InChI=1S/C39H61FN5O6P/c1-4-5-6-7-8-9-10-11-12-13-14-15-16-17-18-19-36(49-28-33-24-32(27-41)25-34(40)26-33)29-50-52(46,47)51-30-39(2,48-3)23-22-35-20-21-37-38(42)43-31-44-45(35)37/h20-21,24-26,31,36H,4-19,22-23,28-30H2,1-3H3,(H,46,47)(H2,42,43,44)/t36-,39-/m0/s1. The average molecular weight is 746 g/mol. The number of hydrogen-bond donors (Lipinski definition) is 2. The van der Waals surface area contributed by atoms with Crippen molar-refractivity contribution in [2.24, 2.45) is 0 Å². The summed E-state index contributed by atoms with van der Waals surface area (Å²) in [6, 6.07) is 9.75. The molecular formula is C39H61FN5O6P. The highest BCUT2D eigenvalue weighted by atomic mass is 31.2. The van der Waals surface area contributed by atoms with Gasteiger partial charge in [0.25, 0.3) is 0 Å². The zero-order valence-corrected chi connectivity index (χ0v) is 32.5. The fourth-order valence-electron chi connectivity index (χ4n) is 6.23. The number of nitrogen functional groups attached to an aromatic ring is 1. The predicted octanol–water partition coefficient (Wildman–Crippen LogP) is 9.64. The highest BCUT2D eigenvalue weighted by Gasteiger charge is 2.31. The lowest BCUT2D eigenvalue weighted by molar-refractivity contribution is -0.0495. The van der Waals surface area contributed by atoms with Gasteiger partial charge in [-0.05, 0) is 62.1 Å². The van der Waals surface area contributed by atoms with Gasteiger partial charge in [0.15, 0.2) is 5.82 Å². The van der Waals surface area contributed by atoms with Crippen molar-refractivity contribution in [2.45, 2.75) is 148 Å². The Bertz CT molecular complexity index is 1550. The number of halogens is 1. The lowest BCUT2D eigenvalue weighted by atomic mass is 10.00. The lowest BCUT2D eigenvalue weighted by Gasteiger charge is -2.29. The van der Waals surface area contributed by atoms with E-state index in [4.69, 9.17) is 24.3 Å². The highest BCUT2D eigenvalue weighted by molar-refractivity contribution is 7.47. The number of phosphoric ester groups is 1. The first-order valence-electron chi connectivity index (χ1n) is 19.1. The molecule has 0 aliphatic rings. The molecule has 52 heavy (non-hydrogen) atoms. The predicted molar refractivity (Wildman–Crippen MR) is 202 cm³/mol. The smallest absolute Gasteiger partial charge is 0.382 e. The van der Waals surface area contributed by atoms with Gasteiger partial charge in [-0.3, -0.25) is 9.05 Å². The van der Waals surface area contributed by atoms with Gasteiger partial charge >= 0.3 is 7.82 Å². The number of aryl methyl sites for hydroxylation is 1. The Balaban J connectivity index is 1.43. The van der Waals surface area contributed by atoms with Gasteiger partial charge in [0.05, 0.1) is 43.2 Å². The second kappa shape index (κ2) is 23.7. The largest absolute Gasteiger partial charge is 0.472 e. The molecule has 0 amide bonds. The minimum absolute atomic E-state index is 0.0303. The van der Waals surface area contributed by atoms with Crippen LogP contribution in [0.25, 0.3) is 5.52 Å². The van der Waals surface area contributed by atoms with E-state index in [1.54, 1.807) is 17.5 Å². The molecule has 0 aliphatic heterocycles. The normalized spacial score (nSPS) is 14.6. The molecule has 11 nitrogen and oxygen atoms in total. The van der Waals surface area contributed by atoms with E-state index in [2.05, 4.69) is 17.0 Å². The van der Waals surface area contributed by atoms with Crippen LogP contribution in [0.4, 0.5) is 10.2 Å². The Morgan fingerprint density at radius 3 is 2.23 bits per heavy atom. The molecule has 13 heteroatoms. The molecule has 290 valence electrons. The maximum absolute atomic E-state index is 14.0. The fourth-order valence-corrected chi connectivity index (χ4v) is 7.09. The van der Waals surface area contributed by atoms with Gasteiger partial charge in [0, 0.05) is 12.8 Å². The highest BCUT2D eigenvalue weighted by Crippen LogP contribution is 2.45. The summed E-state index contributed by atoms with van der Waals surface area (Å²) in [5.41, 5.74) is 7.33. The van der Waals surface area contributed by atoms with Crippen molar-refractivity contribution < 1.29 is 32.4 Å². The summed E-state index contributed by atoms with van der Waals surface area (Å²) >= 11 is 0. The van der Waals surface area contributed by atoms with Crippen molar-refractivity contribution >= 4 is 19.2 Å². The first-order chi connectivity index (χ1) is 25.1. The van der Waals surface area contributed by atoms with Crippen LogP contribution in [0.1, 0.15) is 140 Å². The number of hydrogen-bond acceptors (Lipinski definition) is 9. The van der Waals surface area contributed by atoms with E-state index in [-0.39, 0.29) is 25.4 Å². The number of nitrogens with two attached hydrogens (primary N) is 1. The van der Waals surface area contributed by atoms with Gasteiger partial charge in [-0.15, -0.1) is 0 Å². The monoisotopic (exact) mass is 745 g/mol. The van der Waals surface area contributed by atoms with Crippen molar-refractivity contribution in [3.8, 4) is 6.07 Å². The minimum atomic E-state index is -4.48. The van der Waals surface area contributed by atoms with Gasteiger partial charge in [0.1, 0.15) is 17.7 Å². The summed E-state index contributed by atoms with van der Waals surface area (Å²) in [7, 11) is -2.96. The molecule has 2 aromatic heterocycles. The Labute approximate surface area is 310 Å². The number of nitriles is 1. The SMILES string of the molecule is CCCCCCCCCCCCCCCCC[C@@H](COP(=O)(O)OC[C@](C)(CCc1ccc2c(N)ncnn12)OC)OCc1cc(F)cc(C#N)c1. The number of ether oxygens (including phenoxy) is 2. The van der Waals surface area contributed by atoms with Crippen LogP contribution in [0.3, 0.4) is 0 Å². The Kier molecular flexibility index (Phi) is 19.8. The van der Waals surface area contributed by atoms with Gasteiger partial charge in [0.2, 0.25) is 0 Å². The third-order valence-electron chi connectivity index (χ3n) is 9.62. The molecule has 0 fully saturated rings. The molecular weight excluding hydrogens is 684 g/mol. The summed E-state index contributed by atoms with van der Waals surface area (Å²) in [4.78, 5) is 14.6. The number of aromatic nitrogens is 3.